The van der Waals surface area contributed by atoms with Crippen molar-refractivity contribution < 1.29 is 8.42 Å². The summed E-state index contributed by atoms with van der Waals surface area (Å²) in [4.78, 5) is 0. The molecule has 0 spiro atoms. The van der Waals surface area contributed by atoms with Crippen LogP contribution in [-0.2, 0) is 10.2 Å². The zero-order valence-corrected chi connectivity index (χ0v) is 10.8. The highest BCUT2D eigenvalue weighted by Gasteiger charge is 2.33. The monoisotopic (exact) mass is 257 g/mol. The highest BCUT2D eigenvalue weighted by atomic mass is 32.2. The molecular weight excluding hydrogens is 238 g/mol. The number of piperidine rings is 2. The van der Waals surface area contributed by atoms with Gasteiger partial charge in [-0.15, -0.1) is 0 Å². The molecule has 0 aromatic rings. The van der Waals surface area contributed by atoms with E-state index in [4.69, 9.17) is 5.26 Å². The van der Waals surface area contributed by atoms with Gasteiger partial charge in [0, 0.05) is 26.2 Å². The first-order valence-electron chi connectivity index (χ1n) is 6.29. The van der Waals surface area contributed by atoms with Crippen LogP contribution in [0.15, 0.2) is 0 Å². The summed E-state index contributed by atoms with van der Waals surface area (Å²) in [6, 6.07) is 2.18. The number of rotatable bonds is 2. The van der Waals surface area contributed by atoms with Gasteiger partial charge in [0.25, 0.3) is 10.2 Å². The summed E-state index contributed by atoms with van der Waals surface area (Å²) < 4.78 is 27.8. The highest BCUT2D eigenvalue weighted by molar-refractivity contribution is 7.86. The summed E-state index contributed by atoms with van der Waals surface area (Å²) in [7, 11) is -3.31. The summed E-state index contributed by atoms with van der Waals surface area (Å²) in [6.45, 7) is 2.21. The zero-order valence-electron chi connectivity index (χ0n) is 10.0. The first-order valence-corrected chi connectivity index (χ1v) is 7.69. The SMILES string of the molecule is N#CC1CCCN(S(=O)(=O)N2CCCCC2)C1. The van der Waals surface area contributed by atoms with Crippen LogP contribution in [0.1, 0.15) is 32.1 Å². The van der Waals surface area contributed by atoms with Crippen molar-refractivity contribution >= 4 is 10.2 Å². The molecule has 0 N–H and O–H groups in total. The molecule has 2 fully saturated rings. The molecule has 0 amide bonds. The van der Waals surface area contributed by atoms with Crippen molar-refractivity contribution in [3.8, 4) is 6.07 Å². The first-order chi connectivity index (χ1) is 8.14. The molecule has 1 unspecified atom stereocenters. The molecule has 0 aliphatic carbocycles. The van der Waals surface area contributed by atoms with E-state index in [0.29, 0.717) is 26.2 Å². The topological polar surface area (TPSA) is 64.4 Å². The summed E-state index contributed by atoms with van der Waals surface area (Å²) >= 11 is 0. The van der Waals surface area contributed by atoms with Gasteiger partial charge >= 0.3 is 0 Å². The molecule has 0 radical (unpaired) electrons. The maximum absolute atomic E-state index is 12.3. The Balaban J connectivity index is 2.06. The zero-order chi connectivity index (χ0) is 12.3. The first kappa shape index (κ1) is 12.8. The molecule has 2 aliphatic rings. The lowest BCUT2D eigenvalue weighted by Crippen LogP contribution is -2.49. The third-order valence-corrected chi connectivity index (χ3v) is 5.54. The van der Waals surface area contributed by atoms with E-state index in [9.17, 15) is 8.42 Å². The van der Waals surface area contributed by atoms with Crippen molar-refractivity contribution in [1.82, 2.24) is 8.61 Å². The van der Waals surface area contributed by atoms with E-state index in [-0.39, 0.29) is 5.92 Å². The molecule has 0 aromatic heterocycles. The van der Waals surface area contributed by atoms with E-state index >= 15 is 0 Å². The van der Waals surface area contributed by atoms with Gasteiger partial charge in [0.05, 0.1) is 12.0 Å². The summed E-state index contributed by atoms with van der Waals surface area (Å²) in [6.07, 6.45) is 4.64. The van der Waals surface area contributed by atoms with E-state index < -0.39 is 10.2 Å². The molecule has 5 nitrogen and oxygen atoms in total. The molecule has 0 aromatic carbocycles. The maximum Gasteiger partial charge on any atom is 0.282 e. The highest BCUT2D eigenvalue weighted by Crippen LogP contribution is 2.22. The average Bonchev–Trinajstić information content (AvgIpc) is 2.40. The molecule has 96 valence electrons. The van der Waals surface area contributed by atoms with E-state index in [2.05, 4.69) is 6.07 Å². The number of nitriles is 1. The predicted octanol–water partition coefficient (Wildman–Crippen LogP) is 0.953. The molecule has 2 aliphatic heterocycles. The van der Waals surface area contributed by atoms with Crippen LogP contribution < -0.4 is 0 Å². The maximum atomic E-state index is 12.3. The number of nitrogens with zero attached hydrogens (tertiary/aromatic N) is 3. The van der Waals surface area contributed by atoms with Crippen molar-refractivity contribution in [3.63, 3.8) is 0 Å². The Labute approximate surface area is 103 Å². The molecule has 1 atom stereocenters. The summed E-state index contributed by atoms with van der Waals surface area (Å²) in [5.41, 5.74) is 0. The van der Waals surface area contributed by atoms with Crippen molar-refractivity contribution in [2.24, 2.45) is 5.92 Å². The van der Waals surface area contributed by atoms with Crippen LogP contribution in [0.2, 0.25) is 0 Å². The van der Waals surface area contributed by atoms with Gasteiger partial charge in [0.15, 0.2) is 0 Å². The Morgan fingerprint density at radius 3 is 2.29 bits per heavy atom. The van der Waals surface area contributed by atoms with E-state index in [0.717, 1.165) is 32.1 Å². The molecule has 2 heterocycles. The second kappa shape index (κ2) is 5.34. The Hall–Kier alpha value is -0.640. The minimum absolute atomic E-state index is 0.136. The largest absolute Gasteiger partial charge is 0.282 e. The lowest BCUT2D eigenvalue weighted by atomic mass is 10.0. The fraction of sp³-hybridized carbons (Fsp3) is 0.909. The van der Waals surface area contributed by atoms with Crippen molar-refractivity contribution in [1.29, 1.82) is 5.26 Å². The number of hydrogen-bond acceptors (Lipinski definition) is 3. The summed E-state index contributed by atoms with van der Waals surface area (Å²) in [5, 5.41) is 8.90. The van der Waals surface area contributed by atoms with E-state index in [1.165, 1.54) is 4.31 Å². The van der Waals surface area contributed by atoms with Gasteiger partial charge in [-0.25, -0.2) is 0 Å². The fourth-order valence-corrected chi connectivity index (χ4v) is 4.29. The molecule has 17 heavy (non-hydrogen) atoms. The van der Waals surface area contributed by atoms with Gasteiger partial charge in [-0.1, -0.05) is 6.42 Å². The fourth-order valence-electron chi connectivity index (χ4n) is 2.52. The van der Waals surface area contributed by atoms with Crippen LogP contribution in [0.25, 0.3) is 0 Å². The van der Waals surface area contributed by atoms with Crippen molar-refractivity contribution in [3.05, 3.63) is 0 Å². The lowest BCUT2D eigenvalue weighted by Gasteiger charge is -2.35. The van der Waals surface area contributed by atoms with Gasteiger partial charge in [0.2, 0.25) is 0 Å². The number of hydrogen-bond donors (Lipinski definition) is 0. The van der Waals surface area contributed by atoms with Gasteiger partial charge in [-0.3, -0.25) is 0 Å². The predicted molar refractivity (Wildman–Crippen MR) is 64.3 cm³/mol. The van der Waals surface area contributed by atoms with Gasteiger partial charge in [0.1, 0.15) is 0 Å². The molecule has 2 saturated heterocycles. The Morgan fingerprint density at radius 1 is 1.00 bits per heavy atom. The third-order valence-electron chi connectivity index (χ3n) is 3.53. The van der Waals surface area contributed by atoms with E-state index in [1.54, 1.807) is 4.31 Å². The Bertz CT molecular complexity index is 395. The minimum atomic E-state index is -3.31. The summed E-state index contributed by atoms with van der Waals surface area (Å²) in [5.74, 6) is -0.136. The van der Waals surface area contributed by atoms with E-state index in [1.807, 2.05) is 0 Å². The van der Waals surface area contributed by atoms with Crippen LogP contribution in [0.4, 0.5) is 0 Å². The Morgan fingerprint density at radius 2 is 1.65 bits per heavy atom. The molecular formula is C11H19N3O2S. The normalized spacial score (nSPS) is 28.8. The van der Waals surface area contributed by atoms with Gasteiger partial charge in [-0.05, 0) is 25.7 Å². The minimum Gasteiger partial charge on any atom is -0.198 e. The van der Waals surface area contributed by atoms with Crippen LogP contribution >= 0.6 is 0 Å². The molecule has 0 bridgehead atoms. The second-order valence-electron chi connectivity index (χ2n) is 4.79. The van der Waals surface area contributed by atoms with Crippen molar-refractivity contribution in [2.75, 3.05) is 26.2 Å². The van der Waals surface area contributed by atoms with Crippen molar-refractivity contribution in [2.45, 2.75) is 32.1 Å². The van der Waals surface area contributed by atoms with Crippen LogP contribution in [0.5, 0.6) is 0 Å². The molecule has 0 saturated carbocycles. The standard InChI is InChI=1S/C11H19N3O2S/c12-9-11-5-4-8-14(10-11)17(15,16)13-6-2-1-3-7-13/h11H,1-8,10H2. The van der Waals surface area contributed by atoms with Gasteiger partial charge in [-0.2, -0.15) is 22.3 Å². The average molecular weight is 257 g/mol. The van der Waals surface area contributed by atoms with Crippen LogP contribution in [0, 0.1) is 17.2 Å². The van der Waals surface area contributed by atoms with Gasteiger partial charge < -0.3 is 0 Å². The van der Waals surface area contributed by atoms with Crippen LogP contribution in [-0.4, -0.2) is 43.2 Å². The molecule has 2 rings (SSSR count). The smallest absolute Gasteiger partial charge is 0.198 e. The lowest BCUT2D eigenvalue weighted by molar-refractivity contribution is 0.261. The van der Waals surface area contributed by atoms with Crippen LogP contribution in [0.3, 0.4) is 0 Å². The quantitative estimate of drug-likeness (QED) is 0.740. The molecule has 6 heteroatoms. The second-order valence-corrected chi connectivity index (χ2v) is 6.72. The third kappa shape index (κ3) is 2.79. The Kier molecular flexibility index (Phi) is 4.02.